The first-order valence-corrected chi connectivity index (χ1v) is 10.2. The van der Waals surface area contributed by atoms with Gasteiger partial charge in [0.15, 0.2) is 0 Å². The number of aromatic amines is 1. The fraction of sp³-hybridized carbons (Fsp3) is 0.500. The number of hydrogen-bond acceptors (Lipinski definition) is 6. The molecule has 0 atom stereocenters. The van der Waals surface area contributed by atoms with Gasteiger partial charge in [-0.1, -0.05) is 18.7 Å². The molecule has 0 unspecified atom stereocenters. The summed E-state index contributed by atoms with van der Waals surface area (Å²) < 4.78 is 0. The minimum atomic E-state index is -0.472. The first-order chi connectivity index (χ1) is 12.1. The van der Waals surface area contributed by atoms with E-state index in [0.29, 0.717) is 15.7 Å². The third-order valence-electron chi connectivity index (χ3n) is 4.00. The summed E-state index contributed by atoms with van der Waals surface area (Å²) in [7, 11) is 0. The number of H-pyrrole nitrogens is 1. The number of hydrogen-bond donors (Lipinski definition) is 3. The lowest BCUT2D eigenvalue weighted by Crippen LogP contribution is -2.19. The molecule has 9 heteroatoms. The summed E-state index contributed by atoms with van der Waals surface area (Å²) in [5.74, 6) is 0.352. The molecule has 2 aromatic heterocycles. The Bertz CT molecular complexity index is 784. The van der Waals surface area contributed by atoms with Crippen LogP contribution < -0.4 is 11.1 Å². The molecular weight excluding hydrogens is 358 g/mol. The number of primary amides is 1. The average Bonchev–Trinajstić information content (AvgIpc) is 3.17. The zero-order chi connectivity index (χ0) is 17.8. The lowest BCUT2D eigenvalue weighted by molar-refractivity contribution is -0.113. The molecule has 2 amide bonds. The monoisotopic (exact) mass is 379 g/mol. The lowest BCUT2D eigenvalue weighted by Gasteiger charge is -2.11. The van der Waals surface area contributed by atoms with Gasteiger partial charge in [0, 0.05) is 11.3 Å². The van der Waals surface area contributed by atoms with Gasteiger partial charge >= 0.3 is 0 Å². The van der Waals surface area contributed by atoms with Crippen molar-refractivity contribution < 1.29 is 9.59 Å². The Hall–Kier alpha value is -1.87. The fourth-order valence-electron chi connectivity index (χ4n) is 2.90. The molecule has 0 fully saturated rings. The molecule has 2 heterocycles. The molecule has 0 spiro atoms. The van der Waals surface area contributed by atoms with Gasteiger partial charge in [0.25, 0.3) is 5.91 Å². The highest BCUT2D eigenvalue weighted by Crippen LogP contribution is 2.37. The number of thiophene rings is 1. The smallest absolute Gasteiger partial charge is 0.251 e. The maximum atomic E-state index is 12.3. The molecule has 7 nitrogen and oxygen atoms in total. The molecule has 2 aromatic rings. The highest BCUT2D eigenvalue weighted by Gasteiger charge is 2.25. The molecule has 0 aliphatic heterocycles. The summed E-state index contributed by atoms with van der Waals surface area (Å²) in [6.45, 7) is 2.07. The number of nitrogens with zero attached hydrogens (tertiary/aromatic N) is 2. The van der Waals surface area contributed by atoms with Crippen LogP contribution in [0.1, 0.15) is 52.8 Å². The van der Waals surface area contributed by atoms with Crippen LogP contribution in [0.2, 0.25) is 0 Å². The average molecular weight is 380 g/mol. The zero-order valence-electron chi connectivity index (χ0n) is 14.1. The van der Waals surface area contributed by atoms with Gasteiger partial charge in [-0.3, -0.25) is 14.7 Å². The first-order valence-electron chi connectivity index (χ1n) is 8.36. The minimum Gasteiger partial charge on any atom is -0.365 e. The molecule has 1 aliphatic rings. The van der Waals surface area contributed by atoms with Gasteiger partial charge in [-0.25, -0.2) is 4.98 Å². The number of carbonyl (C=O) groups excluding carboxylic acids is 2. The molecule has 0 radical (unpaired) electrons. The van der Waals surface area contributed by atoms with Crippen molar-refractivity contribution in [2.24, 2.45) is 5.73 Å². The molecule has 0 aromatic carbocycles. The van der Waals surface area contributed by atoms with E-state index in [1.807, 2.05) is 0 Å². The standard InChI is InChI=1S/C16H21N5O2S2/c1-2-5-11-18-16(21-20-11)24-8-12(22)19-15-13(14(17)23)9-6-3-4-7-10(9)25-15/h2-8H2,1H3,(H2,17,23)(H,19,22)(H,18,20,21). The van der Waals surface area contributed by atoms with Crippen molar-refractivity contribution in [3.05, 3.63) is 21.8 Å². The lowest BCUT2D eigenvalue weighted by atomic mass is 9.95. The van der Waals surface area contributed by atoms with Gasteiger partial charge in [-0.15, -0.1) is 16.4 Å². The number of nitrogens with two attached hydrogens (primary N) is 1. The number of aromatic nitrogens is 3. The molecule has 1 aliphatic carbocycles. The maximum absolute atomic E-state index is 12.3. The number of nitrogens with one attached hydrogen (secondary N) is 2. The molecule has 25 heavy (non-hydrogen) atoms. The van der Waals surface area contributed by atoms with Gasteiger partial charge in [-0.05, 0) is 37.7 Å². The van der Waals surface area contributed by atoms with Crippen molar-refractivity contribution in [1.29, 1.82) is 0 Å². The van der Waals surface area contributed by atoms with Crippen LogP contribution in [0.4, 0.5) is 5.00 Å². The topological polar surface area (TPSA) is 114 Å². The SMILES string of the molecule is CCCc1nc(SCC(=O)Nc2sc3c(c2C(N)=O)CCCC3)n[nH]1. The number of amides is 2. The Morgan fingerprint density at radius 1 is 1.36 bits per heavy atom. The van der Waals surface area contributed by atoms with E-state index in [1.165, 1.54) is 28.0 Å². The highest BCUT2D eigenvalue weighted by molar-refractivity contribution is 7.99. The van der Waals surface area contributed by atoms with E-state index in [9.17, 15) is 9.59 Å². The first kappa shape index (κ1) is 17.9. The van der Waals surface area contributed by atoms with Gasteiger partial charge in [0.05, 0.1) is 11.3 Å². The summed E-state index contributed by atoms with van der Waals surface area (Å²) >= 11 is 2.74. The van der Waals surface area contributed by atoms with Crippen molar-refractivity contribution >= 4 is 39.9 Å². The summed E-state index contributed by atoms with van der Waals surface area (Å²) in [6.07, 6.45) is 5.79. The quantitative estimate of drug-likeness (QED) is 0.640. The highest BCUT2D eigenvalue weighted by atomic mass is 32.2. The number of rotatable bonds is 7. The molecule has 134 valence electrons. The number of thioether (sulfide) groups is 1. The second-order valence-electron chi connectivity index (χ2n) is 5.93. The zero-order valence-corrected chi connectivity index (χ0v) is 15.7. The Balaban J connectivity index is 1.64. The Kier molecular flexibility index (Phi) is 5.74. The number of anilines is 1. The molecule has 4 N–H and O–H groups in total. The number of fused-ring (bicyclic) bond motifs is 1. The Labute approximate surface area is 154 Å². The van der Waals surface area contributed by atoms with E-state index >= 15 is 0 Å². The second-order valence-corrected chi connectivity index (χ2v) is 7.98. The fourth-order valence-corrected chi connectivity index (χ4v) is 4.83. The van der Waals surface area contributed by atoms with E-state index in [2.05, 4.69) is 27.4 Å². The molecule has 0 saturated carbocycles. The molecule has 0 saturated heterocycles. The Morgan fingerprint density at radius 2 is 2.16 bits per heavy atom. The largest absolute Gasteiger partial charge is 0.365 e. The van der Waals surface area contributed by atoms with E-state index < -0.39 is 5.91 Å². The van der Waals surface area contributed by atoms with E-state index in [-0.39, 0.29) is 11.7 Å². The van der Waals surface area contributed by atoms with Gasteiger partial charge in [-0.2, -0.15) is 0 Å². The third-order valence-corrected chi connectivity index (χ3v) is 6.06. The van der Waals surface area contributed by atoms with Crippen LogP contribution in [-0.2, 0) is 24.1 Å². The van der Waals surface area contributed by atoms with Crippen LogP contribution in [0.5, 0.6) is 0 Å². The third kappa shape index (κ3) is 4.21. The molecule has 3 rings (SSSR count). The summed E-state index contributed by atoms with van der Waals surface area (Å²) in [4.78, 5) is 29.6. The van der Waals surface area contributed by atoms with Crippen LogP contribution >= 0.6 is 23.1 Å². The maximum Gasteiger partial charge on any atom is 0.251 e. The van der Waals surface area contributed by atoms with Gasteiger partial charge in [0.2, 0.25) is 11.1 Å². The molecule has 0 bridgehead atoms. The van der Waals surface area contributed by atoms with Crippen LogP contribution in [0.15, 0.2) is 5.16 Å². The predicted octanol–water partition coefficient (Wildman–Crippen LogP) is 2.53. The summed E-state index contributed by atoms with van der Waals surface area (Å²) in [5.41, 5.74) is 7.05. The molecular formula is C16H21N5O2S2. The van der Waals surface area contributed by atoms with Crippen LogP contribution in [0.3, 0.4) is 0 Å². The second kappa shape index (κ2) is 8.01. The summed E-state index contributed by atoms with van der Waals surface area (Å²) in [5, 5.41) is 10.9. The minimum absolute atomic E-state index is 0.185. The summed E-state index contributed by atoms with van der Waals surface area (Å²) in [6, 6.07) is 0. The van der Waals surface area contributed by atoms with Crippen molar-refractivity contribution in [3.63, 3.8) is 0 Å². The van der Waals surface area contributed by atoms with Gasteiger partial charge < -0.3 is 11.1 Å². The van der Waals surface area contributed by atoms with Crippen LogP contribution in [0.25, 0.3) is 0 Å². The van der Waals surface area contributed by atoms with Crippen LogP contribution in [-0.4, -0.2) is 32.7 Å². The number of carbonyl (C=O) groups is 2. The van der Waals surface area contributed by atoms with E-state index in [4.69, 9.17) is 5.73 Å². The van der Waals surface area contributed by atoms with Crippen LogP contribution in [0, 0.1) is 0 Å². The van der Waals surface area contributed by atoms with Gasteiger partial charge in [0.1, 0.15) is 10.8 Å². The van der Waals surface area contributed by atoms with Crippen molar-refractivity contribution in [1.82, 2.24) is 15.2 Å². The van der Waals surface area contributed by atoms with E-state index in [0.717, 1.165) is 49.9 Å². The van der Waals surface area contributed by atoms with E-state index in [1.54, 1.807) is 0 Å². The normalized spacial score (nSPS) is 13.5. The van der Waals surface area contributed by atoms with Crippen molar-refractivity contribution in [2.75, 3.05) is 11.1 Å². The Morgan fingerprint density at radius 3 is 2.92 bits per heavy atom. The number of aryl methyl sites for hydroxylation is 2. The van der Waals surface area contributed by atoms with Crippen molar-refractivity contribution in [2.45, 2.75) is 50.6 Å². The van der Waals surface area contributed by atoms with Crippen molar-refractivity contribution in [3.8, 4) is 0 Å². The predicted molar refractivity (Wildman–Crippen MR) is 99.2 cm³/mol.